The Kier molecular flexibility index (Phi) is 6.60. The van der Waals surface area contributed by atoms with Crippen molar-refractivity contribution in [2.75, 3.05) is 4.90 Å². The fourth-order valence-electron chi connectivity index (χ4n) is 4.67. The lowest BCUT2D eigenvalue weighted by molar-refractivity contribution is 1.27. The number of nitrogens with zero attached hydrogens (tertiary/aromatic N) is 2. The molecule has 5 aromatic carbocycles. The largest absolute Gasteiger partial charge is 0.310 e. The summed E-state index contributed by atoms with van der Waals surface area (Å²) in [5.41, 5.74) is 7.57. The summed E-state index contributed by atoms with van der Waals surface area (Å²) >= 11 is 7.19. The molecule has 0 bridgehead atoms. The van der Waals surface area contributed by atoms with Crippen LogP contribution >= 0.6 is 31.9 Å². The summed E-state index contributed by atoms with van der Waals surface area (Å²) in [6, 6.07) is 44.6. The van der Waals surface area contributed by atoms with E-state index in [2.05, 4.69) is 158 Å². The standard InChI is InChI=1S/C33H22Br2N2/c34-26-11-15-28(16-12-26)37(29-17-13-27(35)14-18-29)32-19-10-25(23-6-2-1-3-7-23)22-31(32)33-30-9-5-4-8-24(30)20-21-36-33/h1-22H. The van der Waals surface area contributed by atoms with Crippen LogP contribution in [-0.4, -0.2) is 4.98 Å². The van der Waals surface area contributed by atoms with E-state index in [1.54, 1.807) is 0 Å². The van der Waals surface area contributed by atoms with Gasteiger partial charge in [0.25, 0.3) is 0 Å². The third-order valence-electron chi connectivity index (χ3n) is 6.44. The quantitative estimate of drug-likeness (QED) is 0.194. The van der Waals surface area contributed by atoms with Crippen molar-refractivity contribution < 1.29 is 0 Å². The van der Waals surface area contributed by atoms with Crippen molar-refractivity contribution in [1.82, 2.24) is 4.98 Å². The van der Waals surface area contributed by atoms with E-state index >= 15 is 0 Å². The first-order valence-corrected chi connectivity index (χ1v) is 13.6. The number of aromatic nitrogens is 1. The van der Waals surface area contributed by atoms with Gasteiger partial charge in [-0.25, -0.2) is 0 Å². The molecule has 6 aromatic rings. The van der Waals surface area contributed by atoms with Gasteiger partial charge in [0.1, 0.15) is 0 Å². The van der Waals surface area contributed by atoms with Gasteiger partial charge in [0.05, 0.1) is 11.4 Å². The Morgan fingerprint density at radius 3 is 1.84 bits per heavy atom. The first kappa shape index (κ1) is 23.7. The molecule has 37 heavy (non-hydrogen) atoms. The average Bonchev–Trinajstić information content (AvgIpc) is 2.95. The maximum Gasteiger partial charge on any atom is 0.0801 e. The molecule has 4 heteroatoms. The van der Waals surface area contributed by atoms with E-state index in [9.17, 15) is 0 Å². The Morgan fingerprint density at radius 1 is 0.541 bits per heavy atom. The summed E-state index contributed by atoms with van der Waals surface area (Å²) in [5, 5.41) is 2.30. The van der Waals surface area contributed by atoms with E-state index < -0.39 is 0 Å². The monoisotopic (exact) mass is 604 g/mol. The molecule has 0 aliphatic rings. The molecule has 0 aliphatic heterocycles. The molecular formula is C33H22Br2N2. The van der Waals surface area contributed by atoms with Crippen LogP contribution in [0, 0.1) is 0 Å². The molecule has 0 atom stereocenters. The highest BCUT2D eigenvalue weighted by molar-refractivity contribution is 9.10. The van der Waals surface area contributed by atoms with E-state index in [0.29, 0.717) is 0 Å². The maximum atomic E-state index is 4.93. The predicted molar refractivity (Wildman–Crippen MR) is 163 cm³/mol. The molecule has 0 fully saturated rings. The highest BCUT2D eigenvalue weighted by atomic mass is 79.9. The fraction of sp³-hybridized carbons (Fsp3) is 0. The molecule has 0 amide bonds. The number of benzene rings is 5. The zero-order valence-corrected chi connectivity index (χ0v) is 23.0. The molecule has 0 unspecified atom stereocenters. The SMILES string of the molecule is Brc1ccc(N(c2ccc(Br)cc2)c2ccc(-c3ccccc3)cc2-c2nccc3ccccc23)cc1. The minimum absolute atomic E-state index is 0.963. The van der Waals surface area contributed by atoms with Gasteiger partial charge in [0.2, 0.25) is 0 Å². The number of fused-ring (bicyclic) bond motifs is 1. The number of pyridine rings is 1. The molecule has 178 valence electrons. The van der Waals surface area contributed by atoms with Crippen molar-refractivity contribution in [3.05, 3.63) is 143 Å². The predicted octanol–water partition coefficient (Wildman–Crippen LogP) is 10.6. The van der Waals surface area contributed by atoms with Gasteiger partial charge in [-0.05, 0) is 83.2 Å². The topological polar surface area (TPSA) is 16.1 Å². The van der Waals surface area contributed by atoms with Crippen LogP contribution in [0.3, 0.4) is 0 Å². The van der Waals surface area contributed by atoms with Crippen LogP contribution in [0.2, 0.25) is 0 Å². The van der Waals surface area contributed by atoms with Gasteiger partial charge < -0.3 is 4.90 Å². The molecule has 0 N–H and O–H groups in total. The summed E-state index contributed by atoms with van der Waals surface area (Å²) in [6.45, 7) is 0. The van der Waals surface area contributed by atoms with E-state index in [1.807, 2.05) is 12.3 Å². The second kappa shape index (κ2) is 10.3. The van der Waals surface area contributed by atoms with Crippen molar-refractivity contribution in [2.45, 2.75) is 0 Å². The van der Waals surface area contributed by atoms with Gasteiger partial charge in [-0.3, -0.25) is 4.98 Å². The fourth-order valence-corrected chi connectivity index (χ4v) is 5.20. The second-order valence-electron chi connectivity index (χ2n) is 8.77. The lowest BCUT2D eigenvalue weighted by atomic mass is 9.96. The Hall–Kier alpha value is -3.73. The van der Waals surface area contributed by atoms with Crippen LogP contribution in [0.25, 0.3) is 33.2 Å². The van der Waals surface area contributed by atoms with Gasteiger partial charge in [-0.15, -0.1) is 0 Å². The molecule has 1 aromatic heterocycles. The zero-order chi connectivity index (χ0) is 25.2. The molecule has 0 spiro atoms. The Labute approximate surface area is 233 Å². The molecule has 0 radical (unpaired) electrons. The zero-order valence-electron chi connectivity index (χ0n) is 19.9. The van der Waals surface area contributed by atoms with Gasteiger partial charge in [0.15, 0.2) is 0 Å². The van der Waals surface area contributed by atoms with Crippen LogP contribution in [0.4, 0.5) is 17.1 Å². The lowest BCUT2D eigenvalue weighted by Gasteiger charge is -2.28. The third kappa shape index (κ3) is 4.83. The molecule has 0 saturated heterocycles. The van der Waals surface area contributed by atoms with Crippen molar-refractivity contribution in [1.29, 1.82) is 0 Å². The van der Waals surface area contributed by atoms with Gasteiger partial charge >= 0.3 is 0 Å². The van der Waals surface area contributed by atoms with Crippen LogP contribution < -0.4 is 4.90 Å². The highest BCUT2D eigenvalue weighted by Gasteiger charge is 2.20. The number of hydrogen-bond donors (Lipinski definition) is 0. The van der Waals surface area contributed by atoms with E-state index in [0.717, 1.165) is 48.2 Å². The third-order valence-corrected chi connectivity index (χ3v) is 7.50. The minimum Gasteiger partial charge on any atom is -0.310 e. The normalized spacial score (nSPS) is 11.0. The van der Waals surface area contributed by atoms with Crippen molar-refractivity contribution in [3.8, 4) is 22.4 Å². The second-order valence-corrected chi connectivity index (χ2v) is 10.6. The summed E-state index contributed by atoms with van der Waals surface area (Å²) in [6.07, 6.45) is 1.90. The summed E-state index contributed by atoms with van der Waals surface area (Å²) < 4.78 is 2.09. The molecular weight excluding hydrogens is 584 g/mol. The van der Waals surface area contributed by atoms with Gasteiger partial charge in [0, 0.05) is 37.5 Å². The van der Waals surface area contributed by atoms with E-state index in [1.165, 1.54) is 10.9 Å². The Morgan fingerprint density at radius 2 is 1.16 bits per heavy atom. The number of hydrogen-bond acceptors (Lipinski definition) is 2. The van der Waals surface area contributed by atoms with E-state index in [-0.39, 0.29) is 0 Å². The summed E-state index contributed by atoms with van der Waals surface area (Å²) in [7, 11) is 0. The molecule has 2 nitrogen and oxygen atoms in total. The van der Waals surface area contributed by atoms with Crippen molar-refractivity contribution >= 4 is 59.7 Å². The molecule has 6 rings (SSSR count). The first-order valence-electron chi connectivity index (χ1n) is 12.0. The van der Waals surface area contributed by atoms with Crippen LogP contribution in [0.5, 0.6) is 0 Å². The molecule has 0 aliphatic carbocycles. The van der Waals surface area contributed by atoms with Gasteiger partial charge in [-0.2, -0.15) is 0 Å². The Bertz CT molecular complexity index is 1630. The van der Waals surface area contributed by atoms with Crippen LogP contribution in [0.15, 0.2) is 143 Å². The average molecular weight is 606 g/mol. The smallest absolute Gasteiger partial charge is 0.0801 e. The van der Waals surface area contributed by atoms with Gasteiger partial charge in [-0.1, -0.05) is 92.5 Å². The molecule has 1 heterocycles. The van der Waals surface area contributed by atoms with E-state index in [4.69, 9.17) is 4.98 Å². The molecule has 0 saturated carbocycles. The first-order chi connectivity index (χ1) is 18.2. The number of rotatable bonds is 5. The Balaban J connectivity index is 1.65. The number of anilines is 3. The van der Waals surface area contributed by atoms with Crippen molar-refractivity contribution in [2.24, 2.45) is 0 Å². The number of halogens is 2. The van der Waals surface area contributed by atoms with Crippen molar-refractivity contribution in [3.63, 3.8) is 0 Å². The summed E-state index contributed by atoms with van der Waals surface area (Å²) in [5.74, 6) is 0. The van der Waals surface area contributed by atoms with Crippen LogP contribution in [0.1, 0.15) is 0 Å². The van der Waals surface area contributed by atoms with Crippen LogP contribution in [-0.2, 0) is 0 Å². The maximum absolute atomic E-state index is 4.93. The minimum atomic E-state index is 0.963. The lowest BCUT2D eigenvalue weighted by Crippen LogP contribution is -2.11. The highest BCUT2D eigenvalue weighted by Crippen LogP contribution is 2.43. The summed E-state index contributed by atoms with van der Waals surface area (Å²) in [4.78, 5) is 7.23.